The first-order chi connectivity index (χ1) is 5.29. The van der Waals surface area contributed by atoms with Crippen LogP contribution in [0.25, 0.3) is 0 Å². The number of carbonyl (C=O) groups is 1. The van der Waals surface area contributed by atoms with Crippen molar-refractivity contribution < 1.29 is 4.79 Å². The lowest BCUT2D eigenvalue weighted by Crippen LogP contribution is -2.15. The summed E-state index contributed by atoms with van der Waals surface area (Å²) in [6, 6.07) is 0. The van der Waals surface area contributed by atoms with E-state index in [1.165, 1.54) is 0 Å². The maximum atomic E-state index is 10.8. The van der Waals surface area contributed by atoms with Gasteiger partial charge in [-0.25, -0.2) is 0 Å². The molecule has 1 aliphatic carbocycles. The predicted octanol–water partition coefficient (Wildman–Crippen LogP) is 0.967. The smallest absolute Gasteiger partial charge is 0.249 e. The number of carbonyl (C=O) groups excluding carboxylic acids is 1. The van der Waals surface area contributed by atoms with Gasteiger partial charge in [0, 0.05) is 0 Å². The molecule has 0 spiro atoms. The van der Waals surface area contributed by atoms with Gasteiger partial charge in [0.2, 0.25) is 5.91 Å². The molecule has 1 aliphatic heterocycles. The molecule has 0 fully saturated rings. The number of allylic oxidation sites excluding steroid dienone is 2. The first kappa shape index (κ1) is 6.73. The fourth-order valence-corrected chi connectivity index (χ4v) is 2.30. The molecule has 2 rings (SSSR count). The SMILES string of the molecule is NC(=O)C1=CSC2C=CC=C12. The highest BCUT2D eigenvalue weighted by molar-refractivity contribution is 8.03. The zero-order valence-electron chi connectivity index (χ0n) is 5.78. The van der Waals surface area contributed by atoms with Crippen molar-refractivity contribution in [3.8, 4) is 0 Å². The summed E-state index contributed by atoms with van der Waals surface area (Å²) in [5.41, 5.74) is 6.89. The first-order valence-electron chi connectivity index (χ1n) is 3.33. The zero-order valence-corrected chi connectivity index (χ0v) is 6.60. The molecule has 1 heterocycles. The van der Waals surface area contributed by atoms with Crippen molar-refractivity contribution >= 4 is 17.7 Å². The lowest BCUT2D eigenvalue weighted by Gasteiger charge is -2.01. The van der Waals surface area contributed by atoms with E-state index in [-0.39, 0.29) is 5.91 Å². The van der Waals surface area contributed by atoms with Gasteiger partial charge >= 0.3 is 0 Å². The number of amides is 1. The van der Waals surface area contributed by atoms with Gasteiger partial charge in [-0.2, -0.15) is 0 Å². The topological polar surface area (TPSA) is 43.1 Å². The summed E-state index contributed by atoms with van der Waals surface area (Å²) in [5, 5.41) is 2.18. The van der Waals surface area contributed by atoms with Crippen molar-refractivity contribution in [2.45, 2.75) is 5.25 Å². The number of nitrogens with two attached hydrogens (primary N) is 1. The Balaban J connectivity index is 2.34. The van der Waals surface area contributed by atoms with Crippen molar-refractivity contribution in [3.05, 3.63) is 34.8 Å². The minimum atomic E-state index is -0.324. The monoisotopic (exact) mass is 165 g/mol. The van der Waals surface area contributed by atoms with Crippen molar-refractivity contribution in [3.63, 3.8) is 0 Å². The second-order valence-electron chi connectivity index (χ2n) is 2.46. The molecule has 3 heteroatoms. The fourth-order valence-electron chi connectivity index (χ4n) is 1.23. The number of hydrogen-bond donors (Lipinski definition) is 1. The van der Waals surface area contributed by atoms with Crippen molar-refractivity contribution in [2.75, 3.05) is 0 Å². The highest BCUT2D eigenvalue weighted by Crippen LogP contribution is 2.38. The number of hydrogen-bond acceptors (Lipinski definition) is 2. The van der Waals surface area contributed by atoms with Crippen LogP contribution in [0, 0.1) is 0 Å². The molecule has 0 saturated carbocycles. The second kappa shape index (κ2) is 2.27. The van der Waals surface area contributed by atoms with Crippen LogP contribution in [0.3, 0.4) is 0 Å². The van der Waals surface area contributed by atoms with Gasteiger partial charge in [-0.05, 0) is 11.0 Å². The van der Waals surface area contributed by atoms with Gasteiger partial charge < -0.3 is 5.73 Å². The predicted molar refractivity (Wildman–Crippen MR) is 45.9 cm³/mol. The third-order valence-corrected chi connectivity index (χ3v) is 2.85. The molecular formula is C8H7NOS. The maximum absolute atomic E-state index is 10.8. The van der Waals surface area contributed by atoms with Crippen LogP contribution in [0.2, 0.25) is 0 Å². The standard InChI is InChI=1S/C8H7NOS/c9-8(10)6-4-11-7-3-1-2-5(6)7/h1-4,7H,(H2,9,10). The normalized spacial score (nSPS) is 26.4. The summed E-state index contributed by atoms with van der Waals surface area (Å²) in [5.74, 6) is -0.324. The fraction of sp³-hybridized carbons (Fsp3) is 0.125. The molecule has 0 aromatic heterocycles. The number of fused-ring (bicyclic) bond motifs is 1. The Hall–Kier alpha value is -0.960. The summed E-state index contributed by atoms with van der Waals surface area (Å²) in [7, 11) is 0. The number of thioether (sulfide) groups is 1. The van der Waals surface area contributed by atoms with E-state index in [1.54, 1.807) is 11.8 Å². The van der Waals surface area contributed by atoms with E-state index in [0.717, 1.165) is 5.57 Å². The van der Waals surface area contributed by atoms with E-state index in [4.69, 9.17) is 5.73 Å². The minimum Gasteiger partial charge on any atom is -0.366 e. The molecule has 2 aliphatic rings. The molecule has 2 nitrogen and oxygen atoms in total. The van der Waals surface area contributed by atoms with Gasteiger partial charge in [-0.1, -0.05) is 18.2 Å². The van der Waals surface area contributed by atoms with Gasteiger partial charge in [0.05, 0.1) is 10.8 Å². The van der Waals surface area contributed by atoms with E-state index in [9.17, 15) is 4.79 Å². The van der Waals surface area contributed by atoms with Gasteiger partial charge in [0.15, 0.2) is 0 Å². The van der Waals surface area contributed by atoms with Gasteiger partial charge in [0.1, 0.15) is 0 Å². The first-order valence-corrected chi connectivity index (χ1v) is 4.27. The van der Waals surface area contributed by atoms with Crippen LogP contribution in [-0.2, 0) is 4.79 Å². The Kier molecular flexibility index (Phi) is 1.39. The Morgan fingerprint density at radius 3 is 3.18 bits per heavy atom. The van der Waals surface area contributed by atoms with E-state index < -0.39 is 0 Å². The summed E-state index contributed by atoms with van der Waals surface area (Å²) in [4.78, 5) is 10.8. The number of primary amides is 1. The van der Waals surface area contributed by atoms with Crippen LogP contribution < -0.4 is 5.73 Å². The van der Waals surface area contributed by atoms with Crippen molar-refractivity contribution in [1.29, 1.82) is 0 Å². The molecule has 1 atom stereocenters. The minimum absolute atomic E-state index is 0.324. The van der Waals surface area contributed by atoms with Gasteiger partial charge in [-0.3, -0.25) is 4.79 Å². The zero-order chi connectivity index (χ0) is 7.84. The molecule has 0 bridgehead atoms. The van der Waals surface area contributed by atoms with Crippen LogP contribution in [0.15, 0.2) is 34.8 Å². The van der Waals surface area contributed by atoms with Crippen LogP contribution in [-0.4, -0.2) is 11.2 Å². The largest absolute Gasteiger partial charge is 0.366 e. The lowest BCUT2D eigenvalue weighted by molar-refractivity contribution is -0.114. The van der Waals surface area contributed by atoms with E-state index in [2.05, 4.69) is 6.08 Å². The van der Waals surface area contributed by atoms with E-state index in [1.807, 2.05) is 17.6 Å². The molecular weight excluding hydrogens is 158 g/mol. The van der Waals surface area contributed by atoms with Crippen LogP contribution in [0.1, 0.15) is 0 Å². The molecule has 1 unspecified atom stereocenters. The van der Waals surface area contributed by atoms with Crippen molar-refractivity contribution in [1.82, 2.24) is 0 Å². The van der Waals surface area contributed by atoms with E-state index in [0.29, 0.717) is 10.8 Å². The van der Waals surface area contributed by atoms with Gasteiger partial charge in [-0.15, -0.1) is 11.8 Å². The average Bonchev–Trinajstić information content (AvgIpc) is 2.41. The maximum Gasteiger partial charge on any atom is 0.249 e. The number of rotatable bonds is 1. The summed E-state index contributed by atoms with van der Waals surface area (Å²) >= 11 is 1.63. The summed E-state index contributed by atoms with van der Waals surface area (Å²) in [6.45, 7) is 0. The van der Waals surface area contributed by atoms with E-state index >= 15 is 0 Å². The molecule has 2 N–H and O–H groups in total. The molecule has 0 aromatic carbocycles. The third-order valence-electron chi connectivity index (χ3n) is 1.78. The van der Waals surface area contributed by atoms with Crippen LogP contribution in [0.4, 0.5) is 0 Å². The molecule has 11 heavy (non-hydrogen) atoms. The highest BCUT2D eigenvalue weighted by atomic mass is 32.2. The Labute approximate surface area is 68.8 Å². The summed E-state index contributed by atoms with van der Waals surface area (Å²) in [6.07, 6.45) is 5.97. The lowest BCUT2D eigenvalue weighted by atomic mass is 10.1. The Morgan fingerprint density at radius 1 is 1.64 bits per heavy atom. The van der Waals surface area contributed by atoms with Gasteiger partial charge in [0.25, 0.3) is 0 Å². The highest BCUT2D eigenvalue weighted by Gasteiger charge is 2.26. The third kappa shape index (κ3) is 0.922. The molecule has 1 amide bonds. The van der Waals surface area contributed by atoms with Crippen LogP contribution in [0.5, 0.6) is 0 Å². The Morgan fingerprint density at radius 2 is 2.45 bits per heavy atom. The molecule has 0 radical (unpaired) electrons. The van der Waals surface area contributed by atoms with Crippen molar-refractivity contribution in [2.24, 2.45) is 5.73 Å². The summed E-state index contributed by atoms with van der Waals surface area (Å²) < 4.78 is 0. The second-order valence-corrected chi connectivity index (χ2v) is 3.48. The van der Waals surface area contributed by atoms with Crippen LogP contribution >= 0.6 is 11.8 Å². The molecule has 0 aromatic rings. The molecule has 0 saturated heterocycles. The average molecular weight is 165 g/mol. The Bertz CT molecular complexity index is 301. The molecule has 56 valence electrons. The quantitative estimate of drug-likeness (QED) is 0.629.